The molecule has 4 heterocycles. The Bertz CT molecular complexity index is 2280. The first-order valence-corrected chi connectivity index (χ1v) is 33.3. The fourth-order valence-electron chi connectivity index (χ4n) is 12.3. The molecule has 5 atom stereocenters. The summed E-state index contributed by atoms with van der Waals surface area (Å²) in [5.74, 6) is 0.720. The highest BCUT2D eigenvalue weighted by atomic mass is 32.2. The smallest absolute Gasteiger partial charge is 0.222 e. The van der Waals surface area contributed by atoms with Crippen LogP contribution < -0.4 is 0 Å². The van der Waals surface area contributed by atoms with E-state index in [1.54, 1.807) is 11.8 Å². The molecular weight excluding hydrogens is 1120 g/mol. The molecule has 11 nitrogen and oxygen atoms in total. The van der Waals surface area contributed by atoms with Crippen molar-refractivity contribution in [2.24, 2.45) is 0 Å². The van der Waals surface area contributed by atoms with Crippen molar-refractivity contribution in [1.82, 2.24) is 19.6 Å². The Morgan fingerprint density at radius 2 is 0.727 bits per heavy atom. The number of rotatable bonds is 28. The third-order valence-corrected chi connectivity index (χ3v) is 22.1. The molecule has 432 valence electrons. The number of amides is 4. The number of hydrogen-bond donors (Lipinski definition) is 0. The van der Waals surface area contributed by atoms with E-state index in [-0.39, 0.29) is 52.5 Å². The van der Waals surface area contributed by atoms with E-state index in [1.807, 2.05) is 27.7 Å². The van der Waals surface area contributed by atoms with Crippen LogP contribution in [0, 0.1) is 0 Å². The van der Waals surface area contributed by atoms with Gasteiger partial charge >= 0.3 is 0 Å². The molecule has 0 N–H and O–H groups in total. The molecule has 77 heavy (non-hydrogen) atoms. The number of aryl methyl sites for hydroxylation is 4. The highest BCUT2D eigenvalue weighted by Crippen LogP contribution is 2.43. The van der Waals surface area contributed by atoms with Crippen molar-refractivity contribution in [1.29, 1.82) is 0 Å². The summed E-state index contributed by atoms with van der Waals surface area (Å²) in [7, 11) is 0. The van der Waals surface area contributed by atoms with Crippen LogP contribution in [0.3, 0.4) is 0 Å². The zero-order valence-corrected chi connectivity index (χ0v) is 54.9. The van der Waals surface area contributed by atoms with Crippen molar-refractivity contribution in [2.45, 2.75) is 235 Å². The Labute approximate surface area is 501 Å². The van der Waals surface area contributed by atoms with Crippen LogP contribution in [0.5, 0.6) is 0 Å². The molecule has 5 unspecified atom stereocenters. The second-order valence-electron chi connectivity index (χ2n) is 22.8. The van der Waals surface area contributed by atoms with Crippen LogP contribution in [0.25, 0.3) is 0 Å². The molecule has 1 aromatic rings. The standard InChI is InChI=1S/C58H90N4O7S8/c1-13-58(12,74-39(5)70)47(62-36-20-24-51(62)66)32-28-43-38-41(26-30-45(60-34-18-22-49(60)64)56(8,9)76-53(72)68-15-3)40(25-29-44(59-33-17-21-48(59)63)55(6,7)75-52(71)67-14-2)37-42(43)27-31-46(61-35-19-23-50(61)65)57(10,11)77-54(73)69-16-4/h37-38,44-47H,13-36H2,1-12H3. The molecule has 19 heteroatoms. The van der Waals surface area contributed by atoms with Crippen molar-refractivity contribution in [3.05, 3.63) is 34.4 Å². The molecule has 4 aliphatic rings. The van der Waals surface area contributed by atoms with Crippen molar-refractivity contribution >= 4 is 137 Å². The van der Waals surface area contributed by atoms with Gasteiger partial charge in [-0.3, -0.25) is 19.2 Å². The van der Waals surface area contributed by atoms with Gasteiger partial charge in [0.1, 0.15) is 0 Å². The van der Waals surface area contributed by atoms with Crippen LogP contribution in [0.4, 0.5) is 0 Å². The molecule has 5 rings (SSSR count). The van der Waals surface area contributed by atoms with Gasteiger partial charge < -0.3 is 33.8 Å². The summed E-state index contributed by atoms with van der Waals surface area (Å²) in [6.45, 7) is 29.7. The lowest BCUT2D eigenvalue weighted by Crippen LogP contribution is -2.50. The second-order valence-corrected chi connectivity index (χ2v) is 32.2. The minimum absolute atomic E-state index is 0.0509. The van der Waals surface area contributed by atoms with Gasteiger partial charge in [-0.2, -0.15) is 0 Å². The average molecular weight is 1210 g/mol. The second kappa shape index (κ2) is 30.0. The Morgan fingerprint density at radius 3 is 0.948 bits per heavy atom. The molecule has 0 aromatic heterocycles. The summed E-state index contributed by atoms with van der Waals surface area (Å²) >= 11 is 29.4. The van der Waals surface area contributed by atoms with E-state index in [0.29, 0.717) is 117 Å². The minimum Gasteiger partial charge on any atom is -0.479 e. The number of hydrogen-bond acceptors (Lipinski definition) is 15. The van der Waals surface area contributed by atoms with Gasteiger partial charge in [-0.1, -0.05) is 66.6 Å². The van der Waals surface area contributed by atoms with Crippen LogP contribution in [-0.2, 0) is 59.1 Å². The van der Waals surface area contributed by atoms with Gasteiger partial charge in [0, 0.05) is 99.2 Å². The van der Waals surface area contributed by atoms with Crippen molar-refractivity contribution in [2.75, 3.05) is 46.0 Å². The van der Waals surface area contributed by atoms with E-state index in [2.05, 4.69) is 87.1 Å². The molecule has 0 spiro atoms. The zero-order chi connectivity index (χ0) is 56.9. The van der Waals surface area contributed by atoms with Gasteiger partial charge in [-0.25, -0.2) is 0 Å². The van der Waals surface area contributed by atoms with E-state index < -0.39 is 14.2 Å². The number of carbonyl (C=O) groups is 4. The summed E-state index contributed by atoms with van der Waals surface area (Å²) < 4.78 is 18.2. The SMILES string of the molecule is CCOC(=S)SC(C)(C)C(CCc1cc(CCC(N2CCCC2=O)C(C)(C)SC(=S)OCC)c(CCC(N2CCCC2=O)C(C)(CC)SC(C)=S)cc1CCC(N1CCCC1=O)C(C)(C)SC(=S)OCC)N1CCCC1=O. The van der Waals surface area contributed by atoms with E-state index in [4.69, 9.17) is 63.1 Å². The van der Waals surface area contributed by atoms with Crippen molar-refractivity contribution < 1.29 is 33.4 Å². The van der Waals surface area contributed by atoms with E-state index >= 15 is 0 Å². The quantitative estimate of drug-likeness (QED) is 0.0742. The van der Waals surface area contributed by atoms with Crippen molar-refractivity contribution in [3.63, 3.8) is 0 Å². The minimum atomic E-state index is -0.454. The number of ether oxygens (including phenoxy) is 3. The number of benzene rings is 1. The van der Waals surface area contributed by atoms with Gasteiger partial charge in [0.25, 0.3) is 0 Å². The average Bonchev–Trinajstić information content (AvgIpc) is 4.17. The molecule has 0 bridgehead atoms. The third kappa shape index (κ3) is 18.1. The summed E-state index contributed by atoms with van der Waals surface area (Å²) in [6.07, 6.45) is 12.0. The molecule has 4 saturated heterocycles. The highest BCUT2D eigenvalue weighted by molar-refractivity contribution is 8.24. The number of carbonyl (C=O) groups excluding carboxylic acids is 4. The highest BCUT2D eigenvalue weighted by Gasteiger charge is 2.45. The molecule has 1 aromatic carbocycles. The lowest BCUT2D eigenvalue weighted by Gasteiger charge is -2.42. The van der Waals surface area contributed by atoms with E-state index in [1.165, 1.54) is 57.5 Å². The summed E-state index contributed by atoms with van der Waals surface area (Å²) in [4.78, 5) is 63.5. The normalized spacial score (nSPS) is 19.0. The number of thiocarbonyl (C=S) groups is 4. The number of thioether (sulfide) groups is 4. The Morgan fingerprint density at radius 1 is 0.468 bits per heavy atom. The first-order chi connectivity index (χ1) is 36.3. The molecular formula is C58H90N4O7S8. The van der Waals surface area contributed by atoms with Gasteiger partial charge in [0.15, 0.2) is 0 Å². The maximum absolute atomic E-state index is 13.8. The predicted octanol–water partition coefficient (Wildman–Crippen LogP) is 13.1. The Kier molecular flexibility index (Phi) is 25.7. The van der Waals surface area contributed by atoms with Gasteiger partial charge in [-0.15, -0.1) is 11.8 Å². The summed E-state index contributed by atoms with van der Waals surface area (Å²) in [5.41, 5.74) is 4.89. The molecule has 0 saturated carbocycles. The van der Waals surface area contributed by atoms with Crippen LogP contribution in [0.2, 0.25) is 0 Å². The lowest BCUT2D eigenvalue weighted by molar-refractivity contribution is -0.131. The largest absolute Gasteiger partial charge is 0.479 e. The summed E-state index contributed by atoms with van der Waals surface area (Å²) in [5, 5.41) is 0. The molecule has 0 aliphatic carbocycles. The van der Waals surface area contributed by atoms with Crippen LogP contribution in [0.15, 0.2) is 12.1 Å². The lowest BCUT2D eigenvalue weighted by atomic mass is 9.83. The number of nitrogens with zero attached hydrogens (tertiary/aromatic N) is 4. The van der Waals surface area contributed by atoms with Crippen LogP contribution in [-0.4, -0.2) is 150 Å². The topological polar surface area (TPSA) is 109 Å². The predicted molar refractivity (Wildman–Crippen MR) is 341 cm³/mol. The monoisotopic (exact) mass is 1210 g/mol. The van der Waals surface area contributed by atoms with Gasteiger partial charge in [0.2, 0.25) is 36.8 Å². The molecule has 4 fully saturated rings. The van der Waals surface area contributed by atoms with Crippen LogP contribution in [0.1, 0.15) is 189 Å². The fourth-order valence-corrected chi connectivity index (χ4v) is 19.3. The zero-order valence-electron chi connectivity index (χ0n) is 48.3. The molecule has 0 radical (unpaired) electrons. The third-order valence-electron chi connectivity index (χ3n) is 16.2. The van der Waals surface area contributed by atoms with E-state index in [0.717, 1.165) is 55.7 Å². The van der Waals surface area contributed by atoms with Crippen LogP contribution >= 0.6 is 95.9 Å². The fraction of sp³-hybridized carbons (Fsp3) is 0.759. The van der Waals surface area contributed by atoms with Gasteiger partial charge in [0.05, 0.1) is 19.8 Å². The maximum atomic E-state index is 13.8. The number of likely N-dealkylation sites (tertiary alicyclic amines) is 4. The first-order valence-electron chi connectivity index (χ1n) is 28.4. The Hall–Kier alpha value is -1.74. The molecule has 4 amide bonds. The summed E-state index contributed by atoms with van der Waals surface area (Å²) in [6, 6.07) is 4.45. The molecule has 4 aliphatic heterocycles. The maximum Gasteiger partial charge on any atom is 0.222 e. The van der Waals surface area contributed by atoms with Crippen molar-refractivity contribution in [3.8, 4) is 0 Å². The van der Waals surface area contributed by atoms with E-state index in [9.17, 15) is 19.2 Å². The van der Waals surface area contributed by atoms with Gasteiger partial charge in [-0.05, 0) is 219 Å². The first kappa shape index (κ1) is 66.1. The Balaban J connectivity index is 1.71.